The molecule has 0 spiro atoms. The molecule has 1 aromatic rings. The minimum absolute atomic E-state index is 0.266. The van der Waals surface area contributed by atoms with E-state index in [0.717, 1.165) is 18.5 Å². The van der Waals surface area contributed by atoms with Crippen molar-refractivity contribution in [3.63, 3.8) is 0 Å². The van der Waals surface area contributed by atoms with Gasteiger partial charge in [0.25, 0.3) is 0 Å². The maximum Gasteiger partial charge on any atom is 0.339 e. The van der Waals surface area contributed by atoms with E-state index in [1.54, 1.807) is 6.92 Å². The largest absolute Gasteiger partial charge is 0.478 e. The first kappa shape index (κ1) is 11.8. The highest BCUT2D eigenvalue weighted by atomic mass is 16.4. The van der Waals surface area contributed by atoms with Crippen LogP contribution in [0.2, 0.25) is 0 Å². The molecule has 84 valence electrons. The monoisotopic (exact) mass is 210 g/mol. The number of hydrogen-bond acceptors (Lipinski definition) is 2. The minimum Gasteiger partial charge on any atom is -0.478 e. The van der Waals surface area contributed by atoms with Gasteiger partial charge in [0.1, 0.15) is 5.56 Å². The number of nitrogens with zero attached hydrogens (tertiary/aromatic N) is 2. The molecule has 0 amide bonds. The second-order valence-electron chi connectivity index (χ2n) is 3.93. The van der Waals surface area contributed by atoms with Crippen LogP contribution in [-0.4, -0.2) is 20.9 Å². The van der Waals surface area contributed by atoms with Gasteiger partial charge >= 0.3 is 5.97 Å². The molecule has 1 heterocycles. The highest BCUT2D eigenvalue weighted by Crippen LogP contribution is 2.20. The van der Waals surface area contributed by atoms with Crippen LogP contribution < -0.4 is 0 Å². The van der Waals surface area contributed by atoms with Gasteiger partial charge < -0.3 is 5.11 Å². The number of rotatable bonds is 4. The second-order valence-corrected chi connectivity index (χ2v) is 3.93. The molecule has 0 fully saturated rings. The Balaban J connectivity index is 3.11. The first-order chi connectivity index (χ1) is 6.99. The van der Waals surface area contributed by atoms with Crippen molar-refractivity contribution < 1.29 is 9.90 Å². The molecule has 0 aliphatic heterocycles. The van der Waals surface area contributed by atoms with E-state index in [4.69, 9.17) is 5.11 Å². The van der Waals surface area contributed by atoms with E-state index < -0.39 is 5.97 Å². The van der Waals surface area contributed by atoms with Gasteiger partial charge in [-0.3, -0.25) is 4.68 Å². The van der Waals surface area contributed by atoms with Gasteiger partial charge in [-0.05, 0) is 27.2 Å². The molecular formula is C11H18N2O2. The molecular weight excluding hydrogens is 192 g/mol. The molecule has 0 bridgehead atoms. The molecule has 4 nitrogen and oxygen atoms in total. The highest BCUT2D eigenvalue weighted by Gasteiger charge is 2.19. The predicted molar refractivity (Wildman–Crippen MR) is 58.3 cm³/mol. The molecule has 0 saturated carbocycles. The van der Waals surface area contributed by atoms with Crippen LogP contribution in [0.5, 0.6) is 0 Å². The van der Waals surface area contributed by atoms with Crippen molar-refractivity contribution in [2.45, 2.75) is 46.6 Å². The zero-order valence-corrected chi connectivity index (χ0v) is 9.74. The van der Waals surface area contributed by atoms with Gasteiger partial charge in [-0.15, -0.1) is 0 Å². The Kier molecular flexibility index (Phi) is 3.50. The van der Waals surface area contributed by atoms with Gasteiger partial charge in [-0.2, -0.15) is 5.10 Å². The average molecular weight is 210 g/mol. The van der Waals surface area contributed by atoms with Crippen LogP contribution in [0.15, 0.2) is 0 Å². The Morgan fingerprint density at radius 3 is 2.53 bits per heavy atom. The molecule has 0 aliphatic rings. The van der Waals surface area contributed by atoms with E-state index in [0.29, 0.717) is 11.3 Å². The van der Waals surface area contributed by atoms with E-state index in [-0.39, 0.29) is 6.04 Å². The smallest absolute Gasteiger partial charge is 0.339 e. The summed E-state index contributed by atoms with van der Waals surface area (Å²) in [6, 6.07) is 0.266. The van der Waals surface area contributed by atoms with Crippen LogP contribution in [0.4, 0.5) is 0 Å². The molecule has 1 atom stereocenters. The Morgan fingerprint density at radius 1 is 1.53 bits per heavy atom. The van der Waals surface area contributed by atoms with Crippen LogP contribution in [0, 0.1) is 13.8 Å². The van der Waals surface area contributed by atoms with Crippen molar-refractivity contribution in [2.24, 2.45) is 0 Å². The lowest BCUT2D eigenvalue weighted by atomic mass is 10.1. The van der Waals surface area contributed by atoms with Gasteiger partial charge in [0, 0.05) is 6.04 Å². The lowest BCUT2D eigenvalue weighted by Gasteiger charge is -2.12. The van der Waals surface area contributed by atoms with Crippen LogP contribution in [-0.2, 0) is 0 Å². The maximum absolute atomic E-state index is 11.0. The molecule has 1 rings (SSSR count). The van der Waals surface area contributed by atoms with E-state index in [9.17, 15) is 4.79 Å². The molecule has 15 heavy (non-hydrogen) atoms. The second kappa shape index (κ2) is 4.47. The Labute approximate surface area is 89.9 Å². The fraction of sp³-hybridized carbons (Fsp3) is 0.636. The van der Waals surface area contributed by atoms with Crippen molar-refractivity contribution in [1.82, 2.24) is 9.78 Å². The lowest BCUT2D eigenvalue weighted by molar-refractivity contribution is 0.0695. The van der Waals surface area contributed by atoms with Crippen LogP contribution in [0.3, 0.4) is 0 Å². The highest BCUT2D eigenvalue weighted by molar-refractivity contribution is 5.90. The number of carbonyl (C=O) groups is 1. The van der Waals surface area contributed by atoms with Crippen molar-refractivity contribution in [3.05, 3.63) is 17.0 Å². The summed E-state index contributed by atoms with van der Waals surface area (Å²) < 4.78 is 1.82. The first-order valence-electron chi connectivity index (χ1n) is 5.28. The molecule has 1 unspecified atom stereocenters. The van der Waals surface area contributed by atoms with E-state index in [1.165, 1.54) is 0 Å². The maximum atomic E-state index is 11.0. The summed E-state index contributed by atoms with van der Waals surface area (Å²) in [5.41, 5.74) is 1.70. The van der Waals surface area contributed by atoms with Gasteiger partial charge in [-0.25, -0.2) is 4.79 Å². The number of carboxylic acids is 1. The summed E-state index contributed by atoms with van der Waals surface area (Å²) >= 11 is 0. The van der Waals surface area contributed by atoms with E-state index >= 15 is 0 Å². The van der Waals surface area contributed by atoms with Crippen LogP contribution in [0.1, 0.15) is 54.5 Å². The standard InChI is InChI=1S/C11H18N2O2/c1-5-6-7(2)13-9(4)10(11(14)15)8(3)12-13/h7H,5-6H2,1-4H3,(H,14,15). The van der Waals surface area contributed by atoms with Crippen molar-refractivity contribution in [2.75, 3.05) is 0 Å². The summed E-state index contributed by atoms with van der Waals surface area (Å²) in [4.78, 5) is 11.0. The molecule has 1 aromatic heterocycles. The fourth-order valence-corrected chi connectivity index (χ4v) is 1.94. The third-order valence-electron chi connectivity index (χ3n) is 2.66. The van der Waals surface area contributed by atoms with Gasteiger partial charge in [0.2, 0.25) is 0 Å². The molecule has 0 aliphatic carbocycles. The fourth-order valence-electron chi connectivity index (χ4n) is 1.94. The zero-order chi connectivity index (χ0) is 11.6. The Bertz CT molecular complexity index is 369. The number of aryl methyl sites for hydroxylation is 1. The van der Waals surface area contributed by atoms with Crippen molar-refractivity contribution in [3.8, 4) is 0 Å². The summed E-state index contributed by atoms with van der Waals surface area (Å²) in [5.74, 6) is -0.889. The molecule has 0 aromatic carbocycles. The summed E-state index contributed by atoms with van der Waals surface area (Å²) in [6.07, 6.45) is 2.09. The molecule has 0 saturated heterocycles. The number of aromatic nitrogens is 2. The summed E-state index contributed by atoms with van der Waals surface area (Å²) in [7, 11) is 0. The Hall–Kier alpha value is -1.32. The third-order valence-corrected chi connectivity index (χ3v) is 2.66. The average Bonchev–Trinajstić information content (AvgIpc) is 2.42. The SMILES string of the molecule is CCCC(C)n1nc(C)c(C(=O)O)c1C. The quantitative estimate of drug-likeness (QED) is 0.830. The molecule has 4 heteroatoms. The van der Waals surface area contributed by atoms with E-state index in [2.05, 4.69) is 18.9 Å². The van der Waals surface area contributed by atoms with Crippen LogP contribution in [0.25, 0.3) is 0 Å². The zero-order valence-electron chi connectivity index (χ0n) is 9.74. The van der Waals surface area contributed by atoms with Crippen molar-refractivity contribution >= 4 is 5.97 Å². The molecule has 0 radical (unpaired) electrons. The summed E-state index contributed by atoms with van der Waals surface area (Å²) in [6.45, 7) is 7.73. The van der Waals surface area contributed by atoms with Gasteiger partial charge in [0.05, 0.1) is 11.4 Å². The number of hydrogen-bond donors (Lipinski definition) is 1. The normalized spacial score (nSPS) is 12.8. The van der Waals surface area contributed by atoms with Gasteiger partial charge in [-0.1, -0.05) is 13.3 Å². The van der Waals surface area contributed by atoms with Crippen LogP contribution >= 0.6 is 0 Å². The van der Waals surface area contributed by atoms with Crippen molar-refractivity contribution in [1.29, 1.82) is 0 Å². The molecule has 1 N–H and O–H groups in total. The first-order valence-corrected chi connectivity index (χ1v) is 5.28. The lowest BCUT2D eigenvalue weighted by Crippen LogP contribution is -2.09. The number of aromatic carboxylic acids is 1. The Morgan fingerprint density at radius 2 is 2.13 bits per heavy atom. The number of carboxylic acid groups (broad SMARTS) is 1. The topological polar surface area (TPSA) is 55.1 Å². The minimum atomic E-state index is -0.889. The predicted octanol–water partition coefficient (Wildman–Crippen LogP) is 2.56. The van der Waals surface area contributed by atoms with E-state index in [1.807, 2.05) is 11.6 Å². The van der Waals surface area contributed by atoms with Gasteiger partial charge in [0.15, 0.2) is 0 Å². The summed E-state index contributed by atoms with van der Waals surface area (Å²) in [5, 5.41) is 13.3. The third kappa shape index (κ3) is 2.19.